The van der Waals surface area contributed by atoms with Crippen molar-refractivity contribution in [2.24, 2.45) is 5.73 Å². The predicted molar refractivity (Wildman–Crippen MR) is 121 cm³/mol. The van der Waals surface area contributed by atoms with Gasteiger partial charge >= 0.3 is 5.97 Å². The minimum atomic E-state index is -0.708. The first-order valence-corrected chi connectivity index (χ1v) is 10.9. The van der Waals surface area contributed by atoms with Crippen LogP contribution in [0.2, 0.25) is 0 Å². The largest absolute Gasteiger partial charge is 0.493 e. The van der Waals surface area contributed by atoms with E-state index in [0.717, 1.165) is 5.56 Å². The van der Waals surface area contributed by atoms with Gasteiger partial charge in [0.25, 0.3) is 0 Å². The summed E-state index contributed by atoms with van der Waals surface area (Å²) < 4.78 is 21.7. The number of hydrogen-bond donors (Lipinski definition) is 1. The van der Waals surface area contributed by atoms with Crippen LogP contribution in [0.15, 0.2) is 12.1 Å². The molecule has 1 aromatic rings. The quantitative estimate of drug-likeness (QED) is 0.567. The fourth-order valence-electron chi connectivity index (χ4n) is 3.68. The van der Waals surface area contributed by atoms with E-state index >= 15 is 0 Å². The molecule has 1 aromatic carbocycles. The Balaban J connectivity index is 1.88. The number of carbonyl (C=O) groups is 2. The first kappa shape index (κ1) is 25.7. The monoisotopic (exact) mass is 451 g/mol. The van der Waals surface area contributed by atoms with E-state index in [1.807, 2.05) is 32.9 Å². The van der Waals surface area contributed by atoms with Crippen LogP contribution in [-0.2, 0) is 20.9 Å². The van der Waals surface area contributed by atoms with Gasteiger partial charge in [0.15, 0.2) is 11.5 Å². The number of carbonyl (C=O) groups excluding carboxylic acids is 2. The molecule has 0 unspecified atom stereocenters. The van der Waals surface area contributed by atoms with E-state index in [-0.39, 0.29) is 24.7 Å². The molecule has 1 heterocycles. The van der Waals surface area contributed by atoms with Gasteiger partial charge in [-0.2, -0.15) is 0 Å². The third-order valence-electron chi connectivity index (χ3n) is 5.26. The lowest BCUT2D eigenvalue weighted by molar-refractivity contribution is -0.155. The Bertz CT molecular complexity index is 785. The molecule has 0 spiro atoms. The Kier molecular flexibility index (Phi) is 9.15. The summed E-state index contributed by atoms with van der Waals surface area (Å²) in [5.74, 6) is 1.36. The molecule has 0 aromatic heterocycles. The van der Waals surface area contributed by atoms with Crippen LogP contribution in [0, 0.1) is 0 Å². The molecule has 1 aliphatic heterocycles. The van der Waals surface area contributed by atoms with Crippen LogP contribution < -0.4 is 19.9 Å². The van der Waals surface area contributed by atoms with Gasteiger partial charge in [-0.15, -0.1) is 0 Å². The molecule has 32 heavy (non-hydrogen) atoms. The molecule has 9 nitrogen and oxygen atoms in total. The maximum atomic E-state index is 12.7. The average Bonchev–Trinajstić information content (AvgIpc) is 2.75. The number of hydrogen-bond acceptors (Lipinski definition) is 8. The zero-order valence-corrected chi connectivity index (χ0v) is 20.1. The highest BCUT2D eigenvalue weighted by atomic mass is 16.6. The lowest BCUT2D eigenvalue weighted by Crippen LogP contribution is -2.53. The van der Waals surface area contributed by atoms with E-state index in [0.29, 0.717) is 50.0 Å². The van der Waals surface area contributed by atoms with Gasteiger partial charge in [-0.3, -0.25) is 14.5 Å². The standard InChI is InChI=1S/C23H37N3O6/c1-23(2,3)32-19(27)10-8-17(24)22(28)26-13-11-25(12-14-26)15-16-7-9-18(29-4)21(31-6)20(16)30-5/h7,9,17H,8,10-15,24H2,1-6H3/t17-/m0/s1. The molecule has 1 fully saturated rings. The molecule has 1 amide bonds. The second kappa shape index (κ2) is 11.4. The summed E-state index contributed by atoms with van der Waals surface area (Å²) >= 11 is 0. The third kappa shape index (κ3) is 7.00. The fourth-order valence-corrected chi connectivity index (χ4v) is 3.68. The van der Waals surface area contributed by atoms with Crippen molar-refractivity contribution in [3.63, 3.8) is 0 Å². The molecule has 2 rings (SSSR count). The van der Waals surface area contributed by atoms with E-state index < -0.39 is 11.6 Å². The van der Waals surface area contributed by atoms with Crippen molar-refractivity contribution >= 4 is 11.9 Å². The molecule has 1 atom stereocenters. The molecule has 9 heteroatoms. The van der Waals surface area contributed by atoms with Crippen molar-refractivity contribution in [1.29, 1.82) is 0 Å². The van der Waals surface area contributed by atoms with Gasteiger partial charge in [0.2, 0.25) is 11.7 Å². The van der Waals surface area contributed by atoms with E-state index in [1.165, 1.54) is 0 Å². The second-order valence-corrected chi connectivity index (χ2v) is 8.83. The van der Waals surface area contributed by atoms with Gasteiger partial charge in [-0.05, 0) is 33.3 Å². The van der Waals surface area contributed by atoms with Gasteiger partial charge in [-0.1, -0.05) is 6.07 Å². The molecule has 2 N–H and O–H groups in total. The van der Waals surface area contributed by atoms with Crippen LogP contribution in [0.4, 0.5) is 0 Å². The van der Waals surface area contributed by atoms with Gasteiger partial charge in [0.05, 0.1) is 27.4 Å². The van der Waals surface area contributed by atoms with Gasteiger partial charge < -0.3 is 29.6 Å². The normalized spacial score (nSPS) is 15.8. The number of ether oxygens (including phenoxy) is 4. The fraction of sp³-hybridized carbons (Fsp3) is 0.652. The highest BCUT2D eigenvalue weighted by Crippen LogP contribution is 2.40. The summed E-state index contributed by atoms with van der Waals surface area (Å²) in [5, 5.41) is 0. The Morgan fingerprint density at radius 2 is 1.62 bits per heavy atom. The average molecular weight is 452 g/mol. The lowest BCUT2D eigenvalue weighted by Gasteiger charge is -2.36. The Morgan fingerprint density at radius 3 is 2.16 bits per heavy atom. The molecular weight excluding hydrogens is 414 g/mol. The first-order valence-electron chi connectivity index (χ1n) is 10.9. The second-order valence-electron chi connectivity index (χ2n) is 8.83. The zero-order chi connectivity index (χ0) is 23.9. The van der Waals surface area contributed by atoms with Crippen molar-refractivity contribution in [1.82, 2.24) is 9.80 Å². The number of piperazine rings is 1. The molecule has 180 valence electrons. The smallest absolute Gasteiger partial charge is 0.306 e. The minimum absolute atomic E-state index is 0.128. The lowest BCUT2D eigenvalue weighted by atomic mass is 10.1. The van der Waals surface area contributed by atoms with Crippen molar-refractivity contribution in [3.05, 3.63) is 17.7 Å². The highest BCUT2D eigenvalue weighted by molar-refractivity contribution is 5.82. The Hall–Kier alpha value is -2.52. The predicted octanol–water partition coefficient (Wildman–Crippen LogP) is 1.81. The summed E-state index contributed by atoms with van der Waals surface area (Å²) in [6, 6.07) is 3.12. The Morgan fingerprint density at radius 1 is 1.00 bits per heavy atom. The first-order chi connectivity index (χ1) is 15.1. The summed E-state index contributed by atoms with van der Waals surface area (Å²) in [4.78, 5) is 28.6. The van der Waals surface area contributed by atoms with Gasteiger partial charge in [0, 0.05) is 44.7 Å². The minimum Gasteiger partial charge on any atom is -0.493 e. The van der Waals surface area contributed by atoms with Crippen LogP contribution in [0.5, 0.6) is 17.2 Å². The third-order valence-corrected chi connectivity index (χ3v) is 5.26. The molecule has 1 aliphatic rings. The van der Waals surface area contributed by atoms with E-state index in [1.54, 1.807) is 26.2 Å². The molecule has 0 radical (unpaired) electrons. The SMILES string of the molecule is COc1ccc(CN2CCN(C(=O)[C@@H](N)CCC(=O)OC(C)(C)C)CC2)c(OC)c1OC. The molecule has 0 saturated carbocycles. The number of methoxy groups -OCH3 is 3. The highest BCUT2D eigenvalue weighted by Gasteiger charge is 2.27. The molecular formula is C23H37N3O6. The van der Waals surface area contributed by atoms with E-state index in [9.17, 15) is 9.59 Å². The summed E-state index contributed by atoms with van der Waals surface area (Å²) in [6.45, 7) is 8.68. The van der Waals surface area contributed by atoms with Crippen molar-refractivity contribution in [3.8, 4) is 17.2 Å². The zero-order valence-electron chi connectivity index (χ0n) is 20.1. The van der Waals surface area contributed by atoms with Crippen LogP contribution in [0.25, 0.3) is 0 Å². The van der Waals surface area contributed by atoms with Gasteiger partial charge in [-0.25, -0.2) is 0 Å². The van der Waals surface area contributed by atoms with Crippen LogP contribution in [-0.4, -0.2) is 80.8 Å². The van der Waals surface area contributed by atoms with Gasteiger partial charge in [0.1, 0.15) is 5.60 Å². The van der Waals surface area contributed by atoms with Crippen LogP contribution in [0.1, 0.15) is 39.2 Å². The maximum absolute atomic E-state index is 12.7. The number of nitrogens with two attached hydrogens (primary N) is 1. The van der Waals surface area contributed by atoms with Crippen LogP contribution >= 0.6 is 0 Å². The number of benzene rings is 1. The Labute approximate surface area is 190 Å². The number of amides is 1. The molecule has 0 bridgehead atoms. The molecule has 0 aliphatic carbocycles. The van der Waals surface area contributed by atoms with Crippen molar-refractivity contribution in [2.75, 3.05) is 47.5 Å². The van der Waals surface area contributed by atoms with Crippen molar-refractivity contribution in [2.45, 2.75) is 51.8 Å². The van der Waals surface area contributed by atoms with Crippen LogP contribution in [0.3, 0.4) is 0 Å². The van der Waals surface area contributed by atoms with Crippen molar-refractivity contribution < 1.29 is 28.5 Å². The summed E-state index contributed by atoms with van der Waals surface area (Å²) in [7, 11) is 4.78. The number of esters is 1. The summed E-state index contributed by atoms with van der Waals surface area (Å²) in [5.41, 5.74) is 6.50. The summed E-state index contributed by atoms with van der Waals surface area (Å²) in [6.07, 6.45) is 0.403. The number of nitrogens with zero attached hydrogens (tertiary/aromatic N) is 2. The number of rotatable bonds is 9. The maximum Gasteiger partial charge on any atom is 0.306 e. The van der Waals surface area contributed by atoms with E-state index in [2.05, 4.69) is 4.90 Å². The molecule has 1 saturated heterocycles. The topological polar surface area (TPSA) is 104 Å². The van der Waals surface area contributed by atoms with E-state index in [4.69, 9.17) is 24.7 Å².